The predicted octanol–water partition coefficient (Wildman–Crippen LogP) is 1.04. The minimum absolute atomic E-state index is 0. The van der Waals surface area contributed by atoms with Crippen LogP contribution in [0.15, 0.2) is 4.79 Å². The SMILES string of the molecule is CC(C)c1nn(C2CCNCC2)c(=O)[nH]1.Cl. The maximum Gasteiger partial charge on any atom is 0.343 e. The van der Waals surface area contributed by atoms with Gasteiger partial charge < -0.3 is 5.32 Å². The summed E-state index contributed by atoms with van der Waals surface area (Å²) < 4.78 is 1.62. The van der Waals surface area contributed by atoms with Gasteiger partial charge in [0.15, 0.2) is 0 Å². The lowest BCUT2D eigenvalue weighted by molar-refractivity contribution is 0.334. The van der Waals surface area contributed by atoms with Crippen molar-refractivity contribution >= 4 is 12.4 Å². The first-order valence-electron chi connectivity index (χ1n) is 5.58. The Hall–Kier alpha value is -0.810. The fourth-order valence-electron chi connectivity index (χ4n) is 1.91. The van der Waals surface area contributed by atoms with Crippen molar-refractivity contribution in [2.45, 2.75) is 38.6 Å². The molecule has 1 saturated heterocycles. The molecule has 2 N–H and O–H groups in total. The molecule has 0 radical (unpaired) electrons. The van der Waals surface area contributed by atoms with E-state index in [9.17, 15) is 4.79 Å². The van der Waals surface area contributed by atoms with Gasteiger partial charge in [-0.3, -0.25) is 4.98 Å². The van der Waals surface area contributed by atoms with Crippen LogP contribution in [0.1, 0.15) is 44.5 Å². The highest BCUT2D eigenvalue weighted by Crippen LogP contribution is 2.16. The van der Waals surface area contributed by atoms with Gasteiger partial charge in [0.25, 0.3) is 0 Å². The quantitative estimate of drug-likeness (QED) is 0.820. The predicted molar refractivity (Wildman–Crippen MR) is 65.3 cm³/mol. The number of nitrogens with zero attached hydrogens (tertiary/aromatic N) is 2. The van der Waals surface area contributed by atoms with Crippen molar-refractivity contribution in [3.8, 4) is 0 Å². The molecule has 0 bridgehead atoms. The Morgan fingerprint density at radius 1 is 1.38 bits per heavy atom. The zero-order chi connectivity index (χ0) is 10.8. The molecule has 5 nitrogen and oxygen atoms in total. The number of aromatic amines is 1. The smallest absolute Gasteiger partial charge is 0.317 e. The highest BCUT2D eigenvalue weighted by molar-refractivity contribution is 5.85. The van der Waals surface area contributed by atoms with Crippen LogP contribution in [0.3, 0.4) is 0 Å². The van der Waals surface area contributed by atoms with Crippen LogP contribution in [0.2, 0.25) is 0 Å². The number of aromatic nitrogens is 3. The Labute approximate surface area is 101 Å². The zero-order valence-electron chi connectivity index (χ0n) is 9.69. The number of hydrogen-bond donors (Lipinski definition) is 2. The fourth-order valence-corrected chi connectivity index (χ4v) is 1.91. The molecule has 6 heteroatoms. The Morgan fingerprint density at radius 2 is 2.00 bits per heavy atom. The van der Waals surface area contributed by atoms with Crippen molar-refractivity contribution in [3.05, 3.63) is 16.3 Å². The molecular weight excluding hydrogens is 228 g/mol. The van der Waals surface area contributed by atoms with E-state index in [2.05, 4.69) is 15.4 Å². The number of nitrogens with one attached hydrogen (secondary N) is 2. The molecular formula is C10H19ClN4O. The van der Waals surface area contributed by atoms with Crippen molar-refractivity contribution in [1.82, 2.24) is 20.1 Å². The Bertz CT molecular complexity index is 378. The molecule has 0 atom stereocenters. The molecule has 0 saturated carbocycles. The molecule has 1 aliphatic rings. The van der Waals surface area contributed by atoms with E-state index in [0.717, 1.165) is 31.8 Å². The monoisotopic (exact) mass is 246 g/mol. The summed E-state index contributed by atoms with van der Waals surface area (Å²) in [7, 11) is 0. The van der Waals surface area contributed by atoms with Crippen LogP contribution >= 0.6 is 12.4 Å². The Morgan fingerprint density at radius 3 is 2.50 bits per heavy atom. The second-order valence-electron chi connectivity index (χ2n) is 4.40. The maximum atomic E-state index is 11.7. The maximum absolute atomic E-state index is 11.7. The fraction of sp³-hybridized carbons (Fsp3) is 0.800. The molecule has 0 amide bonds. The van der Waals surface area contributed by atoms with E-state index in [1.54, 1.807) is 4.68 Å². The van der Waals surface area contributed by atoms with E-state index in [1.165, 1.54) is 0 Å². The van der Waals surface area contributed by atoms with Crippen LogP contribution in [0.5, 0.6) is 0 Å². The summed E-state index contributed by atoms with van der Waals surface area (Å²) in [5.74, 6) is 1.07. The third-order valence-corrected chi connectivity index (χ3v) is 2.86. The molecule has 1 aliphatic heterocycles. The lowest BCUT2D eigenvalue weighted by atomic mass is 10.1. The van der Waals surface area contributed by atoms with Gasteiger partial charge in [-0.2, -0.15) is 5.10 Å². The molecule has 2 heterocycles. The molecule has 0 unspecified atom stereocenters. The van der Waals surface area contributed by atoms with Gasteiger partial charge in [-0.05, 0) is 25.9 Å². The summed E-state index contributed by atoms with van der Waals surface area (Å²) in [5.41, 5.74) is -0.0643. The van der Waals surface area contributed by atoms with E-state index in [1.807, 2.05) is 13.8 Å². The van der Waals surface area contributed by atoms with E-state index in [-0.39, 0.29) is 30.1 Å². The first kappa shape index (κ1) is 13.3. The number of H-pyrrole nitrogens is 1. The topological polar surface area (TPSA) is 62.7 Å². The number of hydrogen-bond acceptors (Lipinski definition) is 3. The van der Waals surface area contributed by atoms with E-state index < -0.39 is 0 Å². The van der Waals surface area contributed by atoms with Crippen molar-refractivity contribution < 1.29 is 0 Å². The van der Waals surface area contributed by atoms with E-state index in [0.29, 0.717) is 0 Å². The van der Waals surface area contributed by atoms with Gasteiger partial charge in [-0.15, -0.1) is 12.4 Å². The molecule has 2 rings (SSSR count). The summed E-state index contributed by atoms with van der Waals surface area (Å²) in [5, 5.41) is 7.63. The van der Waals surface area contributed by atoms with Gasteiger partial charge in [-0.1, -0.05) is 13.8 Å². The summed E-state index contributed by atoms with van der Waals surface area (Å²) in [6.45, 7) is 6.01. The molecule has 16 heavy (non-hydrogen) atoms. The summed E-state index contributed by atoms with van der Waals surface area (Å²) >= 11 is 0. The van der Waals surface area contributed by atoms with Crippen LogP contribution < -0.4 is 11.0 Å². The lowest BCUT2D eigenvalue weighted by Gasteiger charge is -2.21. The number of rotatable bonds is 2. The van der Waals surface area contributed by atoms with Crippen LogP contribution in [0, 0.1) is 0 Å². The molecule has 0 spiro atoms. The van der Waals surface area contributed by atoms with Gasteiger partial charge in [0, 0.05) is 5.92 Å². The normalized spacial score (nSPS) is 17.4. The average molecular weight is 247 g/mol. The largest absolute Gasteiger partial charge is 0.343 e. The van der Waals surface area contributed by atoms with Gasteiger partial charge in [0.2, 0.25) is 0 Å². The van der Waals surface area contributed by atoms with Crippen molar-refractivity contribution in [1.29, 1.82) is 0 Å². The second kappa shape index (κ2) is 5.50. The zero-order valence-corrected chi connectivity index (χ0v) is 10.5. The average Bonchev–Trinajstić information content (AvgIpc) is 2.62. The second-order valence-corrected chi connectivity index (χ2v) is 4.40. The minimum atomic E-state index is -0.0643. The summed E-state index contributed by atoms with van der Waals surface area (Å²) in [6.07, 6.45) is 1.98. The van der Waals surface area contributed by atoms with Gasteiger partial charge in [-0.25, -0.2) is 9.48 Å². The summed E-state index contributed by atoms with van der Waals surface area (Å²) in [6, 6.07) is 0.266. The highest BCUT2D eigenvalue weighted by Gasteiger charge is 2.19. The van der Waals surface area contributed by atoms with Crippen molar-refractivity contribution in [3.63, 3.8) is 0 Å². The van der Waals surface area contributed by atoms with Gasteiger partial charge in [0.1, 0.15) is 5.82 Å². The van der Waals surface area contributed by atoms with E-state index >= 15 is 0 Å². The Kier molecular flexibility index (Phi) is 4.56. The minimum Gasteiger partial charge on any atom is -0.317 e. The molecule has 0 aliphatic carbocycles. The number of piperidine rings is 1. The number of halogens is 1. The lowest BCUT2D eigenvalue weighted by Crippen LogP contribution is -2.33. The highest BCUT2D eigenvalue weighted by atomic mass is 35.5. The van der Waals surface area contributed by atoms with E-state index in [4.69, 9.17) is 0 Å². The van der Waals surface area contributed by atoms with Crippen LogP contribution in [0.4, 0.5) is 0 Å². The molecule has 1 aromatic heterocycles. The molecule has 1 fully saturated rings. The summed E-state index contributed by atoms with van der Waals surface area (Å²) in [4.78, 5) is 14.5. The first-order chi connectivity index (χ1) is 7.18. The van der Waals surface area contributed by atoms with Crippen LogP contribution in [-0.2, 0) is 0 Å². The van der Waals surface area contributed by atoms with Gasteiger partial charge in [0.05, 0.1) is 6.04 Å². The van der Waals surface area contributed by atoms with Crippen LogP contribution in [-0.4, -0.2) is 27.9 Å². The third kappa shape index (κ3) is 2.65. The van der Waals surface area contributed by atoms with Crippen molar-refractivity contribution in [2.24, 2.45) is 0 Å². The van der Waals surface area contributed by atoms with Crippen molar-refractivity contribution in [2.75, 3.05) is 13.1 Å². The molecule has 0 aromatic carbocycles. The van der Waals surface area contributed by atoms with Crippen LogP contribution in [0.25, 0.3) is 0 Å². The third-order valence-electron chi connectivity index (χ3n) is 2.86. The van der Waals surface area contributed by atoms with Gasteiger partial charge >= 0.3 is 5.69 Å². The molecule has 1 aromatic rings. The standard InChI is InChI=1S/C10H18N4O.ClH/c1-7(2)9-12-10(15)14(13-9)8-3-5-11-6-4-8;/h7-8,11H,3-6H2,1-2H3,(H,12,13,15);1H. The molecule has 92 valence electrons. The Balaban J connectivity index is 0.00000128. The first-order valence-corrected chi connectivity index (χ1v) is 5.58.